The molecule has 5 nitrogen and oxygen atoms in total. The molecular weight excluding hydrogens is 230 g/mol. The van der Waals surface area contributed by atoms with Crippen LogP contribution in [0.2, 0.25) is 0 Å². The number of rotatable bonds is 5. The van der Waals surface area contributed by atoms with Crippen molar-refractivity contribution in [2.45, 2.75) is 52.0 Å². The molecule has 1 heterocycles. The Morgan fingerprint density at radius 3 is 2.61 bits per heavy atom. The Morgan fingerprint density at radius 2 is 2.06 bits per heavy atom. The lowest BCUT2D eigenvalue weighted by atomic mass is 9.96. The number of carbonyl (C=O) groups excluding carboxylic acids is 2. The maximum absolute atomic E-state index is 12.1. The summed E-state index contributed by atoms with van der Waals surface area (Å²) in [5.74, 6) is -0.793. The van der Waals surface area contributed by atoms with Gasteiger partial charge in [-0.05, 0) is 25.7 Å². The lowest BCUT2D eigenvalue weighted by molar-refractivity contribution is -0.148. The lowest BCUT2D eigenvalue weighted by Gasteiger charge is -2.35. The number of likely N-dealkylation sites (tertiary alicyclic amines) is 1. The van der Waals surface area contributed by atoms with Crippen LogP contribution in [0, 0.1) is 11.3 Å². The molecule has 102 valence electrons. The van der Waals surface area contributed by atoms with Gasteiger partial charge in [-0.1, -0.05) is 13.8 Å². The van der Waals surface area contributed by atoms with Crippen molar-refractivity contribution < 1.29 is 9.59 Å². The molecule has 5 heteroatoms. The SMILES string of the molecule is CC(C)C(=O)C(=O)N1CCCCC1CCC(=N)N. The average molecular weight is 253 g/mol. The van der Waals surface area contributed by atoms with Crippen LogP contribution >= 0.6 is 0 Å². The molecule has 1 fully saturated rings. The summed E-state index contributed by atoms with van der Waals surface area (Å²) in [5.41, 5.74) is 5.35. The number of Topliss-reactive ketones (excluding diaryl/α,β-unsaturated/α-hetero) is 1. The molecule has 1 aliphatic heterocycles. The molecule has 1 saturated heterocycles. The van der Waals surface area contributed by atoms with Crippen molar-refractivity contribution in [1.82, 2.24) is 4.90 Å². The molecule has 1 atom stereocenters. The number of amides is 1. The van der Waals surface area contributed by atoms with E-state index in [1.807, 2.05) is 0 Å². The Kier molecular flexibility index (Phi) is 5.31. The minimum atomic E-state index is -0.363. The van der Waals surface area contributed by atoms with Crippen LogP contribution in [0.5, 0.6) is 0 Å². The molecule has 1 rings (SSSR count). The molecule has 0 saturated carbocycles. The van der Waals surface area contributed by atoms with Gasteiger partial charge in [-0.25, -0.2) is 0 Å². The van der Waals surface area contributed by atoms with Gasteiger partial charge in [0.15, 0.2) is 0 Å². The van der Waals surface area contributed by atoms with Crippen LogP contribution in [0.15, 0.2) is 0 Å². The monoisotopic (exact) mass is 253 g/mol. The van der Waals surface area contributed by atoms with Gasteiger partial charge in [0.05, 0.1) is 5.84 Å². The van der Waals surface area contributed by atoms with Gasteiger partial charge in [-0.2, -0.15) is 0 Å². The Balaban J connectivity index is 2.66. The van der Waals surface area contributed by atoms with E-state index in [4.69, 9.17) is 11.1 Å². The van der Waals surface area contributed by atoms with Gasteiger partial charge >= 0.3 is 0 Å². The summed E-state index contributed by atoms with van der Waals surface area (Å²) in [4.78, 5) is 25.5. The number of amidine groups is 1. The molecule has 0 aromatic heterocycles. The van der Waals surface area contributed by atoms with Gasteiger partial charge in [-0.3, -0.25) is 15.0 Å². The highest BCUT2D eigenvalue weighted by Crippen LogP contribution is 2.21. The number of ketones is 1. The van der Waals surface area contributed by atoms with Crippen molar-refractivity contribution in [2.24, 2.45) is 11.7 Å². The number of nitrogens with zero attached hydrogens (tertiary/aromatic N) is 1. The van der Waals surface area contributed by atoms with Crippen molar-refractivity contribution in [1.29, 1.82) is 5.41 Å². The van der Waals surface area contributed by atoms with E-state index in [0.29, 0.717) is 19.4 Å². The number of nitrogens with two attached hydrogens (primary N) is 1. The van der Waals surface area contributed by atoms with Crippen molar-refractivity contribution in [3.8, 4) is 0 Å². The summed E-state index contributed by atoms with van der Waals surface area (Å²) in [5, 5.41) is 7.25. The molecular formula is C13H23N3O2. The third-order valence-corrected chi connectivity index (χ3v) is 3.37. The zero-order valence-corrected chi connectivity index (χ0v) is 11.2. The smallest absolute Gasteiger partial charge is 0.290 e. The predicted octanol–water partition coefficient (Wildman–Crippen LogP) is 1.31. The first-order chi connectivity index (χ1) is 8.43. The molecule has 0 spiro atoms. The molecule has 0 aromatic carbocycles. The second-order valence-electron chi connectivity index (χ2n) is 5.23. The number of hydrogen-bond acceptors (Lipinski definition) is 3. The van der Waals surface area contributed by atoms with E-state index in [0.717, 1.165) is 19.3 Å². The molecule has 1 unspecified atom stereocenters. The molecule has 1 amide bonds. The van der Waals surface area contributed by atoms with Gasteiger partial charge in [-0.15, -0.1) is 0 Å². The zero-order chi connectivity index (χ0) is 13.7. The number of nitrogens with one attached hydrogen (secondary N) is 1. The summed E-state index contributed by atoms with van der Waals surface area (Å²) in [6, 6.07) is 0.0675. The van der Waals surface area contributed by atoms with E-state index in [1.54, 1.807) is 18.7 Å². The molecule has 0 aliphatic carbocycles. The largest absolute Gasteiger partial charge is 0.388 e. The minimum Gasteiger partial charge on any atom is -0.388 e. The molecule has 0 aromatic rings. The Hall–Kier alpha value is -1.39. The normalized spacial score (nSPS) is 19.9. The van der Waals surface area contributed by atoms with E-state index in [1.165, 1.54) is 0 Å². The average Bonchev–Trinajstić information content (AvgIpc) is 2.34. The van der Waals surface area contributed by atoms with Gasteiger partial charge in [0, 0.05) is 24.9 Å². The third kappa shape index (κ3) is 3.82. The van der Waals surface area contributed by atoms with Crippen molar-refractivity contribution in [2.75, 3.05) is 6.54 Å². The van der Waals surface area contributed by atoms with Crippen LogP contribution in [-0.4, -0.2) is 35.0 Å². The lowest BCUT2D eigenvalue weighted by Crippen LogP contribution is -2.48. The quantitative estimate of drug-likeness (QED) is 0.440. The van der Waals surface area contributed by atoms with E-state index >= 15 is 0 Å². The summed E-state index contributed by atoms with van der Waals surface area (Å²) in [6.45, 7) is 4.14. The topological polar surface area (TPSA) is 87.2 Å². The molecule has 18 heavy (non-hydrogen) atoms. The summed E-state index contributed by atoms with van der Waals surface area (Å²) in [7, 11) is 0. The molecule has 1 aliphatic rings. The second-order valence-corrected chi connectivity index (χ2v) is 5.23. The van der Waals surface area contributed by atoms with Crippen molar-refractivity contribution in [3.05, 3.63) is 0 Å². The summed E-state index contributed by atoms with van der Waals surface area (Å²) >= 11 is 0. The molecule has 0 radical (unpaired) electrons. The fraction of sp³-hybridized carbons (Fsp3) is 0.769. The van der Waals surface area contributed by atoms with E-state index < -0.39 is 0 Å². The van der Waals surface area contributed by atoms with Crippen LogP contribution in [0.1, 0.15) is 46.0 Å². The van der Waals surface area contributed by atoms with Gasteiger partial charge in [0.1, 0.15) is 0 Å². The predicted molar refractivity (Wildman–Crippen MR) is 70.3 cm³/mol. The Bertz CT molecular complexity index is 339. The van der Waals surface area contributed by atoms with Crippen molar-refractivity contribution >= 4 is 17.5 Å². The maximum atomic E-state index is 12.1. The van der Waals surface area contributed by atoms with E-state index in [2.05, 4.69) is 0 Å². The summed E-state index contributed by atoms with van der Waals surface area (Å²) < 4.78 is 0. The zero-order valence-electron chi connectivity index (χ0n) is 11.2. The van der Waals surface area contributed by atoms with Crippen LogP contribution in [-0.2, 0) is 9.59 Å². The van der Waals surface area contributed by atoms with Crippen molar-refractivity contribution in [3.63, 3.8) is 0 Å². The summed E-state index contributed by atoms with van der Waals surface area (Å²) in [6.07, 6.45) is 4.11. The van der Waals surface area contributed by atoms with Crippen LogP contribution in [0.4, 0.5) is 0 Å². The fourth-order valence-corrected chi connectivity index (χ4v) is 2.28. The van der Waals surface area contributed by atoms with Crippen LogP contribution in [0.25, 0.3) is 0 Å². The first kappa shape index (κ1) is 14.7. The third-order valence-electron chi connectivity index (χ3n) is 3.37. The Morgan fingerprint density at radius 1 is 1.39 bits per heavy atom. The highest BCUT2D eigenvalue weighted by atomic mass is 16.2. The molecule has 0 bridgehead atoms. The van der Waals surface area contributed by atoms with Crippen LogP contribution in [0.3, 0.4) is 0 Å². The van der Waals surface area contributed by atoms with Crippen LogP contribution < -0.4 is 5.73 Å². The first-order valence-electron chi connectivity index (χ1n) is 6.61. The van der Waals surface area contributed by atoms with Gasteiger partial charge in [0.2, 0.25) is 5.78 Å². The highest BCUT2D eigenvalue weighted by molar-refractivity contribution is 6.36. The van der Waals surface area contributed by atoms with Gasteiger partial charge < -0.3 is 10.6 Å². The van der Waals surface area contributed by atoms with E-state index in [-0.39, 0.29) is 29.5 Å². The number of piperidine rings is 1. The standard InChI is InChI=1S/C13H23N3O2/c1-9(2)12(17)13(18)16-8-4-3-5-10(16)6-7-11(14)15/h9-10H,3-8H2,1-2H3,(H3,14,15). The number of carbonyl (C=O) groups is 2. The van der Waals surface area contributed by atoms with Gasteiger partial charge in [0.25, 0.3) is 5.91 Å². The highest BCUT2D eigenvalue weighted by Gasteiger charge is 2.31. The number of hydrogen-bond donors (Lipinski definition) is 2. The molecule has 3 N–H and O–H groups in total. The second kappa shape index (κ2) is 6.52. The minimum absolute atomic E-state index is 0.0675. The Labute approximate surface area is 108 Å². The first-order valence-corrected chi connectivity index (χ1v) is 6.61. The maximum Gasteiger partial charge on any atom is 0.290 e. The fourth-order valence-electron chi connectivity index (χ4n) is 2.28. The van der Waals surface area contributed by atoms with E-state index in [9.17, 15) is 9.59 Å².